The average Bonchev–Trinajstić information content (AvgIpc) is 1.82. The van der Waals surface area contributed by atoms with Crippen LogP contribution in [0.4, 0.5) is 22.0 Å². The van der Waals surface area contributed by atoms with Crippen molar-refractivity contribution in [2.75, 3.05) is 0 Å². The first kappa shape index (κ1) is 11.8. The molecule has 0 aliphatic carbocycles. The summed E-state index contributed by atoms with van der Waals surface area (Å²) < 4.78 is 61.2. The lowest BCUT2D eigenvalue weighted by Crippen LogP contribution is -2.34. The van der Waals surface area contributed by atoms with Crippen LogP contribution in [-0.2, 0) is 9.53 Å². The first-order chi connectivity index (χ1) is 5.55. The van der Waals surface area contributed by atoms with E-state index >= 15 is 0 Å². The van der Waals surface area contributed by atoms with E-state index in [1.165, 1.54) is 0 Å². The largest absolute Gasteiger partial charge is 0.491 e. The van der Waals surface area contributed by atoms with Crippen LogP contribution in [0.5, 0.6) is 0 Å². The molecule has 0 aromatic heterocycles. The number of hydrogen-bond acceptors (Lipinski definition) is 3. The summed E-state index contributed by atoms with van der Waals surface area (Å²) >= 11 is 0. The number of ether oxygens (including phenoxy) is 1. The fourth-order valence-corrected chi connectivity index (χ4v) is 0.240. The van der Waals surface area contributed by atoms with E-state index in [1.807, 2.05) is 0 Å². The predicted molar refractivity (Wildman–Crippen MR) is 30.5 cm³/mol. The van der Waals surface area contributed by atoms with Gasteiger partial charge in [0.2, 0.25) is 0 Å². The standard InChI is InChI=1S/C5H4F5NO2/c1-4(6,7)2(11)13-3(12)5(8,9)10/h11H,1H3. The first-order valence-corrected chi connectivity index (χ1v) is 2.81. The molecule has 0 aromatic carbocycles. The van der Waals surface area contributed by atoms with E-state index in [9.17, 15) is 26.7 Å². The van der Waals surface area contributed by atoms with Gasteiger partial charge in [-0.2, -0.15) is 22.0 Å². The van der Waals surface area contributed by atoms with Crippen molar-refractivity contribution in [2.24, 2.45) is 0 Å². The Labute approximate surface area is 69.0 Å². The van der Waals surface area contributed by atoms with Crippen LogP contribution in [0.3, 0.4) is 0 Å². The molecule has 0 aromatic rings. The van der Waals surface area contributed by atoms with Crippen molar-refractivity contribution >= 4 is 11.9 Å². The number of rotatable bonds is 1. The maximum Gasteiger partial charge on any atom is 0.491 e. The summed E-state index contributed by atoms with van der Waals surface area (Å²) in [5, 5.41) is 6.26. The van der Waals surface area contributed by atoms with Crippen molar-refractivity contribution < 1.29 is 31.5 Å². The molecule has 0 heterocycles. The molecule has 0 saturated carbocycles. The van der Waals surface area contributed by atoms with Crippen LogP contribution in [-0.4, -0.2) is 24.0 Å². The van der Waals surface area contributed by atoms with Gasteiger partial charge in [0.05, 0.1) is 0 Å². The van der Waals surface area contributed by atoms with Crippen LogP contribution in [0.1, 0.15) is 6.92 Å². The van der Waals surface area contributed by atoms with Crippen molar-refractivity contribution in [3.05, 3.63) is 0 Å². The second kappa shape index (κ2) is 3.27. The number of hydrogen-bond donors (Lipinski definition) is 1. The van der Waals surface area contributed by atoms with Gasteiger partial charge in [-0.3, -0.25) is 5.41 Å². The number of esters is 1. The summed E-state index contributed by atoms with van der Waals surface area (Å²) in [6.07, 6.45) is -5.38. The van der Waals surface area contributed by atoms with E-state index < -0.39 is 24.0 Å². The van der Waals surface area contributed by atoms with E-state index in [4.69, 9.17) is 5.41 Å². The summed E-state index contributed by atoms with van der Waals surface area (Å²) in [5.41, 5.74) is 0. The van der Waals surface area contributed by atoms with Crippen molar-refractivity contribution in [3.8, 4) is 0 Å². The molecular weight excluding hydrogens is 201 g/mol. The summed E-state index contributed by atoms with van der Waals surface area (Å²) in [6, 6.07) is 0. The zero-order chi connectivity index (χ0) is 10.9. The van der Waals surface area contributed by atoms with Gasteiger partial charge in [0, 0.05) is 6.92 Å². The lowest BCUT2D eigenvalue weighted by molar-refractivity contribution is -0.192. The molecule has 0 radical (unpaired) electrons. The van der Waals surface area contributed by atoms with Gasteiger partial charge in [0.1, 0.15) is 0 Å². The Kier molecular flexibility index (Phi) is 2.96. The second-order valence-corrected chi connectivity index (χ2v) is 2.10. The highest BCUT2D eigenvalue weighted by molar-refractivity contribution is 5.92. The van der Waals surface area contributed by atoms with E-state index in [2.05, 4.69) is 4.74 Å². The SMILES string of the molecule is CC(F)(F)C(=N)OC(=O)C(F)(F)F. The molecule has 3 nitrogen and oxygen atoms in total. The van der Waals surface area contributed by atoms with Crippen molar-refractivity contribution in [2.45, 2.75) is 19.0 Å². The highest BCUT2D eigenvalue weighted by Gasteiger charge is 2.44. The normalized spacial score (nSPS) is 12.5. The van der Waals surface area contributed by atoms with Gasteiger partial charge >= 0.3 is 18.1 Å². The van der Waals surface area contributed by atoms with Gasteiger partial charge in [-0.05, 0) is 0 Å². The number of nitrogens with one attached hydrogen (secondary N) is 1. The lowest BCUT2D eigenvalue weighted by atomic mass is 10.4. The minimum Gasteiger partial charge on any atom is -0.399 e. The molecule has 0 fully saturated rings. The smallest absolute Gasteiger partial charge is 0.399 e. The molecule has 0 amide bonds. The molecule has 8 heteroatoms. The Morgan fingerprint density at radius 1 is 1.23 bits per heavy atom. The summed E-state index contributed by atoms with van der Waals surface area (Å²) in [6.45, 7) is 0.138. The molecule has 0 bridgehead atoms. The Morgan fingerprint density at radius 2 is 1.62 bits per heavy atom. The fraction of sp³-hybridized carbons (Fsp3) is 0.600. The molecule has 0 spiro atoms. The third-order valence-electron chi connectivity index (χ3n) is 0.825. The third kappa shape index (κ3) is 3.81. The van der Waals surface area contributed by atoms with Gasteiger partial charge in [-0.25, -0.2) is 4.79 Å². The number of carbonyl (C=O) groups is 1. The minimum atomic E-state index is -5.38. The van der Waals surface area contributed by atoms with Gasteiger partial charge in [-0.15, -0.1) is 0 Å². The van der Waals surface area contributed by atoms with Crippen LogP contribution >= 0.6 is 0 Å². The maximum atomic E-state index is 12.0. The lowest BCUT2D eigenvalue weighted by Gasteiger charge is -2.12. The molecule has 0 aliphatic rings. The topological polar surface area (TPSA) is 50.1 Å². The monoisotopic (exact) mass is 205 g/mol. The molecule has 0 aliphatic heterocycles. The van der Waals surface area contributed by atoms with E-state index in [1.54, 1.807) is 0 Å². The van der Waals surface area contributed by atoms with Gasteiger partial charge < -0.3 is 4.74 Å². The Morgan fingerprint density at radius 3 is 1.85 bits per heavy atom. The second-order valence-electron chi connectivity index (χ2n) is 2.10. The van der Waals surface area contributed by atoms with Crippen molar-refractivity contribution in [1.29, 1.82) is 5.41 Å². The maximum absolute atomic E-state index is 12.0. The van der Waals surface area contributed by atoms with E-state index in [0.717, 1.165) is 0 Å². The van der Waals surface area contributed by atoms with Gasteiger partial charge in [0.25, 0.3) is 5.90 Å². The number of alkyl halides is 5. The van der Waals surface area contributed by atoms with Crippen molar-refractivity contribution in [1.82, 2.24) is 0 Å². The van der Waals surface area contributed by atoms with E-state index in [0.29, 0.717) is 0 Å². The summed E-state index contributed by atoms with van der Waals surface area (Å²) in [5.74, 6) is -8.77. The minimum absolute atomic E-state index is 0.138. The first-order valence-electron chi connectivity index (χ1n) is 2.81. The zero-order valence-corrected chi connectivity index (χ0v) is 6.21. The molecule has 0 rings (SSSR count). The highest BCUT2D eigenvalue weighted by atomic mass is 19.4. The van der Waals surface area contributed by atoms with Crippen LogP contribution in [0, 0.1) is 5.41 Å². The summed E-state index contributed by atoms with van der Waals surface area (Å²) in [4.78, 5) is 9.90. The average molecular weight is 205 g/mol. The van der Waals surface area contributed by atoms with Crippen LogP contribution in [0.2, 0.25) is 0 Å². The summed E-state index contributed by atoms with van der Waals surface area (Å²) in [7, 11) is 0. The quantitative estimate of drug-likeness (QED) is 0.306. The Balaban J connectivity index is 4.34. The number of carbonyl (C=O) groups excluding carboxylic acids is 1. The van der Waals surface area contributed by atoms with Crippen LogP contribution in [0.25, 0.3) is 0 Å². The van der Waals surface area contributed by atoms with Crippen LogP contribution in [0.15, 0.2) is 0 Å². The van der Waals surface area contributed by atoms with Gasteiger partial charge in [-0.1, -0.05) is 0 Å². The zero-order valence-electron chi connectivity index (χ0n) is 6.21. The van der Waals surface area contributed by atoms with E-state index in [-0.39, 0.29) is 6.92 Å². The Bertz CT molecular complexity index is 204. The van der Waals surface area contributed by atoms with Crippen LogP contribution < -0.4 is 0 Å². The predicted octanol–water partition coefficient (Wildman–Crippen LogP) is 1.72. The molecule has 13 heavy (non-hydrogen) atoms. The highest BCUT2D eigenvalue weighted by Crippen LogP contribution is 2.20. The third-order valence-corrected chi connectivity index (χ3v) is 0.825. The molecule has 0 atom stereocenters. The van der Waals surface area contributed by atoms with Gasteiger partial charge in [0.15, 0.2) is 0 Å². The molecule has 0 unspecified atom stereocenters. The molecule has 76 valence electrons. The number of halogens is 5. The molecule has 0 saturated heterocycles. The van der Waals surface area contributed by atoms with Crippen molar-refractivity contribution in [3.63, 3.8) is 0 Å². The molecule has 1 N–H and O–H groups in total. The Hall–Kier alpha value is -1.21. The molecular formula is C5H4F5NO2. The fourth-order valence-electron chi connectivity index (χ4n) is 0.240.